The van der Waals surface area contributed by atoms with E-state index in [0.717, 1.165) is 37.9 Å². The largest absolute Gasteiger partial charge is 0.497 e. The lowest BCUT2D eigenvalue weighted by molar-refractivity contribution is 0.0154. The molecule has 0 bridgehead atoms. The molecule has 2 heteroatoms. The van der Waals surface area contributed by atoms with Gasteiger partial charge in [0.2, 0.25) is 0 Å². The summed E-state index contributed by atoms with van der Waals surface area (Å²) in [5.74, 6) is 0.899. The Kier molecular flexibility index (Phi) is 5.47. The highest BCUT2D eigenvalue weighted by atomic mass is 16.5. The van der Waals surface area contributed by atoms with Crippen LogP contribution in [-0.2, 0) is 12.8 Å². The van der Waals surface area contributed by atoms with Gasteiger partial charge in [0.1, 0.15) is 5.75 Å². The molecule has 1 N–H and O–H groups in total. The van der Waals surface area contributed by atoms with E-state index in [1.165, 1.54) is 36.8 Å². The quantitative estimate of drug-likeness (QED) is 0.753. The van der Waals surface area contributed by atoms with Crippen LogP contribution in [0.4, 0.5) is 0 Å². The minimum Gasteiger partial charge on any atom is -0.497 e. The van der Waals surface area contributed by atoms with E-state index in [2.05, 4.69) is 19.1 Å². The second-order valence-electron chi connectivity index (χ2n) is 6.20. The first-order chi connectivity index (χ1) is 9.67. The lowest BCUT2D eigenvalue weighted by Crippen LogP contribution is -2.35. The van der Waals surface area contributed by atoms with E-state index in [0.29, 0.717) is 0 Å². The van der Waals surface area contributed by atoms with Crippen LogP contribution in [-0.4, -0.2) is 17.8 Å². The van der Waals surface area contributed by atoms with Crippen molar-refractivity contribution in [2.45, 2.75) is 70.3 Å². The van der Waals surface area contributed by atoms with Crippen LogP contribution in [0.2, 0.25) is 0 Å². The summed E-state index contributed by atoms with van der Waals surface area (Å²) in [6.45, 7) is 2.24. The minimum absolute atomic E-state index is 0.494. The van der Waals surface area contributed by atoms with Gasteiger partial charge >= 0.3 is 0 Å². The molecule has 1 atom stereocenters. The maximum Gasteiger partial charge on any atom is 0.119 e. The van der Waals surface area contributed by atoms with Gasteiger partial charge < -0.3 is 9.84 Å². The van der Waals surface area contributed by atoms with Gasteiger partial charge in [-0.15, -0.1) is 0 Å². The fraction of sp³-hybridized carbons (Fsp3) is 0.667. The van der Waals surface area contributed by atoms with Gasteiger partial charge in [0.05, 0.1) is 12.7 Å². The molecule has 0 aliphatic heterocycles. The van der Waals surface area contributed by atoms with Gasteiger partial charge in [-0.1, -0.05) is 45.1 Å². The lowest BCUT2D eigenvalue weighted by atomic mass is 9.77. The number of aryl methyl sites for hydroxylation is 1. The molecular formula is C18H28O2. The van der Waals surface area contributed by atoms with E-state index in [1.54, 1.807) is 7.11 Å². The predicted octanol–water partition coefficient (Wildman–Crippen LogP) is 4.28. The van der Waals surface area contributed by atoms with Crippen molar-refractivity contribution >= 4 is 0 Å². The van der Waals surface area contributed by atoms with Crippen molar-refractivity contribution in [3.05, 3.63) is 29.3 Å². The molecule has 0 amide bonds. The summed E-state index contributed by atoms with van der Waals surface area (Å²) < 4.78 is 5.29. The number of aliphatic hydroxyl groups is 1. The predicted molar refractivity (Wildman–Crippen MR) is 83.3 cm³/mol. The Morgan fingerprint density at radius 2 is 1.95 bits per heavy atom. The molecule has 1 aliphatic carbocycles. The van der Waals surface area contributed by atoms with E-state index in [1.807, 2.05) is 6.07 Å². The lowest BCUT2D eigenvalue weighted by Gasteiger charge is -2.34. The van der Waals surface area contributed by atoms with Crippen LogP contribution >= 0.6 is 0 Å². The molecule has 0 aromatic heterocycles. The first-order valence-electron chi connectivity index (χ1n) is 8.05. The summed E-state index contributed by atoms with van der Waals surface area (Å²) in [5, 5.41) is 10.8. The Hall–Kier alpha value is -1.02. The van der Waals surface area contributed by atoms with E-state index in [9.17, 15) is 5.11 Å². The van der Waals surface area contributed by atoms with E-state index < -0.39 is 5.60 Å². The molecule has 0 fully saturated rings. The molecule has 1 aromatic rings. The first kappa shape index (κ1) is 15.4. The average Bonchev–Trinajstić information content (AvgIpc) is 2.46. The number of benzene rings is 1. The van der Waals surface area contributed by atoms with Gasteiger partial charge in [-0.2, -0.15) is 0 Å². The fourth-order valence-corrected chi connectivity index (χ4v) is 3.22. The summed E-state index contributed by atoms with van der Waals surface area (Å²) in [6, 6.07) is 6.26. The molecule has 0 heterocycles. The highest BCUT2D eigenvalue weighted by molar-refractivity contribution is 5.38. The smallest absolute Gasteiger partial charge is 0.119 e. The van der Waals surface area contributed by atoms with E-state index in [4.69, 9.17) is 4.74 Å². The van der Waals surface area contributed by atoms with Gasteiger partial charge in [0, 0.05) is 6.42 Å². The Bertz CT molecular complexity index is 427. The monoisotopic (exact) mass is 276 g/mol. The maximum atomic E-state index is 10.8. The molecular weight excluding hydrogens is 248 g/mol. The molecule has 0 radical (unpaired) electrons. The molecule has 2 nitrogen and oxygen atoms in total. The molecule has 0 saturated carbocycles. The van der Waals surface area contributed by atoms with Crippen LogP contribution in [0.15, 0.2) is 18.2 Å². The summed E-state index contributed by atoms with van der Waals surface area (Å²) in [4.78, 5) is 0. The molecule has 2 rings (SSSR count). The molecule has 1 aromatic carbocycles. The second-order valence-corrected chi connectivity index (χ2v) is 6.20. The van der Waals surface area contributed by atoms with Crippen LogP contribution in [0.5, 0.6) is 5.75 Å². The number of rotatable bonds is 7. The summed E-state index contributed by atoms with van der Waals surface area (Å²) in [5.41, 5.74) is 2.15. The van der Waals surface area contributed by atoms with E-state index in [-0.39, 0.29) is 0 Å². The zero-order chi connectivity index (χ0) is 14.4. The van der Waals surface area contributed by atoms with Crippen molar-refractivity contribution < 1.29 is 9.84 Å². The number of hydrogen-bond donors (Lipinski definition) is 1. The Labute approximate surface area is 123 Å². The molecule has 1 aliphatic rings. The highest BCUT2D eigenvalue weighted by Crippen LogP contribution is 2.34. The zero-order valence-corrected chi connectivity index (χ0v) is 13.0. The van der Waals surface area contributed by atoms with Crippen LogP contribution < -0.4 is 4.74 Å². The average molecular weight is 276 g/mol. The molecule has 0 spiro atoms. The van der Waals surface area contributed by atoms with Crippen molar-refractivity contribution in [2.24, 2.45) is 0 Å². The van der Waals surface area contributed by atoms with Crippen LogP contribution in [0.3, 0.4) is 0 Å². The maximum absolute atomic E-state index is 10.8. The van der Waals surface area contributed by atoms with Crippen molar-refractivity contribution in [2.75, 3.05) is 7.11 Å². The minimum atomic E-state index is -0.494. The third-order valence-electron chi connectivity index (χ3n) is 4.54. The van der Waals surface area contributed by atoms with Crippen molar-refractivity contribution in [3.63, 3.8) is 0 Å². The number of fused-ring (bicyclic) bond motifs is 1. The van der Waals surface area contributed by atoms with Gasteiger partial charge in [0.15, 0.2) is 0 Å². The second kappa shape index (κ2) is 7.12. The summed E-state index contributed by atoms with van der Waals surface area (Å²) in [7, 11) is 1.70. The SMILES string of the molecule is CCCCCCCC1(O)CCc2ccc(OC)cc2C1. The third-order valence-corrected chi connectivity index (χ3v) is 4.54. The highest BCUT2D eigenvalue weighted by Gasteiger charge is 2.31. The van der Waals surface area contributed by atoms with Gasteiger partial charge in [-0.3, -0.25) is 0 Å². The molecule has 20 heavy (non-hydrogen) atoms. The van der Waals surface area contributed by atoms with Crippen molar-refractivity contribution in [1.82, 2.24) is 0 Å². The number of hydrogen-bond acceptors (Lipinski definition) is 2. The Morgan fingerprint density at radius 1 is 1.15 bits per heavy atom. The van der Waals surface area contributed by atoms with Crippen molar-refractivity contribution in [1.29, 1.82) is 0 Å². The molecule has 0 saturated heterocycles. The van der Waals surface area contributed by atoms with Crippen LogP contribution in [0.1, 0.15) is 63.0 Å². The van der Waals surface area contributed by atoms with E-state index >= 15 is 0 Å². The number of ether oxygens (including phenoxy) is 1. The molecule has 1 unspecified atom stereocenters. The van der Waals surface area contributed by atoms with Crippen LogP contribution in [0.25, 0.3) is 0 Å². The Morgan fingerprint density at radius 3 is 2.70 bits per heavy atom. The number of methoxy groups -OCH3 is 1. The van der Waals surface area contributed by atoms with Gasteiger partial charge in [-0.25, -0.2) is 0 Å². The summed E-state index contributed by atoms with van der Waals surface area (Å²) in [6.07, 6.45) is 9.91. The summed E-state index contributed by atoms with van der Waals surface area (Å²) >= 11 is 0. The fourth-order valence-electron chi connectivity index (χ4n) is 3.22. The zero-order valence-electron chi connectivity index (χ0n) is 13.0. The van der Waals surface area contributed by atoms with Crippen LogP contribution in [0, 0.1) is 0 Å². The van der Waals surface area contributed by atoms with Gasteiger partial charge in [-0.05, 0) is 42.5 Å². The third kappa shape index (κ3) is 3.99. The van der Waals surface area contributed by atoms with Crippen molar-refractivity contribution in [3.8, 4) is 5.75 Å². The molecule has 112 valence electrons. The first-order valence-corrected chi connectivity index (χ1v) is 8.05. The normalized spacial score (nSPS) is 21.6. The number of unbranched alkanes of at least 4 members (excludes halogenated alkanes) is 4. The van der Waals surface area contributed by atoms with Gasteiger partial charge in [0.25, 0.3) is 0 Å². The standard InChI is InChI=1S/C18H28O2/c1-3-4-5-6-7-11-18(19)12-10-15-8-9-17(20-2)13-16(15)14-18/h8-9,13,19H,3-7,10-12,14H2,1-2H3. The topological polar surface area (TPSA) is 29.5 Å². The Balaban J connectivity index is 1.91.